The van der Waals surface area contributed by atoms with Gasteiger partial charge in [0.25, 0.3) is 0 Å². The molecule has 1 aliphatic rings. The molecule has 0 aliphatic heterocycles. The number of halogens is 1. The lowest BCUT2D eigenvalue weighted by atomic mass is 9.67. The molecule has 1 aliphatic carbocycles. The second kappa shape index (κ2) is 12.1. The molecule has 0 unspecified atom stereocenters. The van der Waals surface area contributed by atoms with E-state index in [1.165, 1.54) is 60.5 Å². The Kier molecular flexibility index (Phi) is 7.09. The van der Waals surface area contributed by atoms with Crippen LogP contribution in [0.4, 0.5) is 0 Å². The fraction of sp³-hybridized carbons (Fsp3) is 0.0208. The van der Waals surface area contributed by atoms with E-state index in [9.17, 15) is 0 Å². The number of aromatic nitrogens is 3. The minimum atomic E-state index is -0.626. The minimum Gasteiger partial charge on any atom is -0.208 e. The fourth-order valence-corrected chi connectivity index (χ4v) is 8.50. The van der Waals surface area contributed by atoms with Gasteiger partial charge in [-0.15, -0.1) is 0 Å². The Hall–Kier alpha value is -6.42. The van der Waals surface area contributed by atoms with E-state index in [-0.39, 0.29) is 5.28 Å². The lowest BCUT2D eigenvalue weighted by Gasteiger charge is -2.34. The van der Waals surface area contributed by atoms with Crippen molar-refractivity contribution in [3.8, 4) is 45.0 Å². The topological polar surface area (TPSA) is 38.7 Å². The van der Waals surface area contributed by atoms with Crippen LogP contribution in [0.2, 0.25) is 5.28 Å². The summed E-state index contributed by atoms with van der Waals surface area (Å²) < 4.78 is 0. The summed E-state index contributed by atoms with van der Waals surface area (Å²) >= 11 is 6.57. The summed E-state index contributed by atoms with van der Waals surface area (Å²) in [7, 11) is 0. The fourth-order valence-electron chi connectivity index (χ4n) is 8.34. The van der Waals surface area contributed by atoms with Gasteiger partial charge in [0.1, 0.15) is 0 Å². The highest BCUT2D eigenvalue weighted by molar-refractivity contribution is 6.28. The van der Waals surface area contributed by atoms with Gasteiger partial charge in [-0.05, 0) is 95.9 Å². The van der Waals surface area contributed by atoms with Crippen LogP contribution in [0.25, 0.3) is 66.6 Å². The van der Waals surface area contributed by atoms with Crippen LogP contribution in [0.3, 0.4) is 0 Å². The SMILES string of the molecule is Clc1nc(-c2ccccc2)nc(-c2cccc(C3(c4cccc(-c5c6ccccc6cc6ccccc56)c4)c4ccccc4-c4ccccc43)c2)n1. The zero-order valence-electron chi connectivity index (χ0n) is 28.0. The van der Waals surface area contributed by atoms with Crippen LogP contribution in [0.1, 0.15) is 22.3 Å². The first-order valence-electron chi connectivity index (χ1n) is 17.5. The van der Waals surface area contributed by atoms with Crippen molar-refractivity contribution in [2.24, 2.45) is 0 Å². The number of benzene rings is 8. The van der Waals surface area contributed by atoms with Gasteiger partial charge in [0, 0.05) is 11.1 Å². The maximum Gasteiger partial charge on any atom is 0.226 e. The molecule has 8 aromatic carbocycles. The molecular weight excluding hydrogens is 654 g/mol. The Balaban J connectivity index is 1.25. The summed E-state index contributed by atoms with van der Waals surface area (Å²) in [6, 6.07) is 65.1. The van der Waals surface area contributed by atoms with Crippen LogP contribution < -0.4 is 0 Å². The van der Waals surface area contributed by atoms with Crippen molar-refractivity contribution in [3.05, 3.63) is 210 Å². The molecule has 0 bridgehead atoms. The number of hydrogen-bond donors (Lipinski definition) is 0. The number of fused-ring (bicyclic) bond motifs is 5. The van der Waals surface area contributed by atoms with E-state index in [4.69, 9.17) is 16.6 Å². The van der Waals surface area contributed by atoms with E-state index in [0.717, 1.165) is 16.7 Å². The van der Waals surface area contributed by atoms with Crippen molar-refractivity contribution in [1.82, 2.24) is 15.0 Å². The first-order valence-corrected chi connectivity index (χ1v) is 17.8. The van der Waals surface area contributed by atoms with Gasteiger partial charge in [0.15, 0.2) is 11.6 Å². The molecule has 0 atom stereocenters. The molecule has 52 heavy (non-hydrogen) atoms. The maximum atomic E-state index is 6.57. The highest BCUT2D eigenvalue weighted by atomic mass is 35.5. The number of nitrogens with zero attached hydrogens (tertiary/aromatic N) is 3. The van der Waals surface area contributed by atoms with Gasteiger partial charge < -0.3 is 0 Å². The van der Waals surface area contributed by atoms with Gasteiger partial charge in [-0.2, -0.15) is 9.97 Å². The highest BCUT2D eigenvalue weighted by Crippen LogP contribution is 2.56. The van der Waals surface area contributed by atoms with Gasteiger partial charge in [0.2, 0.25) is 5.28 Å². The summed E-state index contributed by atoms with van der Waals surface area (Å²) in [5, 5.41) is 5.10. The zero-order chi connectivity index (χ0) is 34.6. The van der Waals surface area contributed by atoms with Gasteiger partial charge in [-0.25, -0.2) is 4.98 Å². The van der Waals surface area contributed by atoms with Gasteiger partial charge in [-0.3, -0.25) is 0 Å². The summed E-state index contributed by atoms with van der Waals surface area (Å²) in [6.45, 7) is 0. The third-order valence-corrected chi connectivity index (χ3v) is 10.7. The molecule has 0 saturated heterocycles. The molecule has 0 spiro atoms. The highest BCUT2D eigenvalue weighted by Gasteiger charge is 2.46. The van der Waals surface area contributed by atoms with Crippen molar-refractivity contribution in [1.29, 1.82) is 0 Å². The lowest BCUT2D eigenvalue weighted by molar-refractivity contribution is 0.769. The molecule has 4 heteroatoms. The second-order valence-electron chi connectivity index (χ2n) is 13.3. The third-order valence-electron chi connectivity index (χ3n) is 10.5. The van der Waals surface area contributed by atoms with Gasteiger partial charge >= 0.3 is 0 Å². The molecule has 9 aromatic rings. The minimum absolute atomic E-state index is 0.163. The monoisotopic (exact) mass is 683 g/mol. The average molecular weight is 684 g/mol. The molecule has 0 amide bonds. The van der Waals surface area contributed by atoms with Crippen LogP contribution in [0.5, 0.6) is 0 Å². The molecule has 0 radical (unpaired) electrons. The van der Waals surface area contributed by atoms with E-state index >= 15 is 0 Å². The Bertz CT molecular complexity index is 2730. The van der Waals surface area contributed by atoms with E-state index in [1.54, 1.807) is 0 Å². The molecule has 0 saturated carbocycles. The quantitative estimate of drug-likeness (QED) is 0.169. The third kappa shape index (κ3) is 4.71. The van der Waals surface area contributed by atoms with Crippen LogP contribution in [-0.2, 0) is 5.41 Å². The average Bonchev–Trinajstić information content (AvgIpc) is 3.51. The van der Waals surface area contributed by atoms with Crippen molar-refractivity contribution >= 4 is 33.1 Å². The second-order valence-corrected chi connectivity index (χ2v) is 13.7. The molecule has 0 fully saturated rings. The van der Waals surface area contributed by atoms with Crippen LogP contribution in [-0.4, -0.2) is 15.0 Å². The van der Waals surface area contributed by atoms with E-state index in [0.29, 0.717) is 11.6 Å². The predicted octanol–water partition coefficient (Wildman–Crippen LogP) is 12.2. The van der Waals surface area contributed by atoms with Crippen LogP contribution >= 0.6 is 11.6 Å². The van der Waals surface area contributed by atoms with E-state index in [1.807, 2.05) is 30.3 Å². The summed E-state index contributed by atoms with van der Waals surface area (Å²) in [5.41, 5.74) is 10.8. The van der Waals surface area contributed by atoms with Crippen molar-refractivity contribution < 1.29 is 0 Å². The number of hydrogen-bond acceptors (Lipinski definition) is 3. The molecule has 244 valence electrons. The van der Waals surface area contributed by atoms with Gasteiger partial charge in [-0.1, -0.05) is 164 Å². The molecule has 1 aromatic heterocycles. The van der Waals surface area contributed by atoms with Crippen molar-refractivity contribution in [2.45, 2.75) is 5.41 Å². The van der Waals surface area contributed by atoms with Crippen molar-refractivity contribution in [2.75, 3.05) is 0 Å². The van der Waals surface area contributed by atoms with Gasteiger partial charge in [0.05, 0.1) is 5.41 Å². The number of rotatable bonds is 5. The molecule has 3 nitrogen and oxygen atoms in total. The summed E-state index contributed by atoms with van der Waals surface area (Å²) in [4.78, 5) is 14.0. The standard InChI is InChI=1S/C48H30ClN3/c49-47-51-45(31-14-2-1-3-15-31)50-46(52-47)35-19-13-21-37(30-35)48(42-26-10-8-24-40(42)41-25-9-11-27-43(41)48)36-20-12-18-34(29-36)44-38-22-6-4-16-32(38)28-33-17-5-7-23-39(33)44/h1-30H. The normalized spacial score (nSPS) is 12.9. The van der Waals surface area contributed by atoms with Crippen molar-refractivity contribution in [3.63, 3.8) is 0 Å². The lowest BCUT2D eigenvalue weighted by Crippen LogP contribution is -2.28. The zero-order valence-corrected chi connectivity index (χ0v) is 28.8. The molecule has 1 heterocycles. The molecule has 0 N–H and O–H groups in total. The first-order chi connectivity index (χ1) is 25.7. The first kappa shape index (κ1) is 30.4. The Morgan fingerprint density at radius 2 is 0.865 bits per heavy atom. The Labute approximate surface area is 306 Å². The molecule has 10 rings (SSSR count). The van der Waals surface area contributed by atoms with E-state index < -0.39 is 5.41 Å². The molecular formula is C48H30ClN3. The van der Waals surface area contributed by atoms with Crippen LogP contribution in [0.15, 0.2) is 182 Å². The summed E-state index contributed by atoms with van der Waals surface area (Å²) in [6.07, 6.45) is 0. The largest absolute Gasteiger partial charge is 0.226 e. The van der Waals surface area contributed by atoms with Crippen LogP contribution in [0, 0.1) is 0 Å². The smallest absolute Gasteiger partial charge is 0.208 e. The Morgan fingerprint density at radius 3 is 1.50 bits per heavy atom. The van der Waals surface area contributed by atoms with E-state index in [2.05, 4.69) is 162 Å². The summed E-state index contributed by atoms with van der Waals surface area (Å²) in [5.74, 6) is 1.08. The Morgan fingerprint density at radius 1 is 0.385 bits per heavy atom. The predicted molar refractivity (Wildman–Crippen MR) is 213 cm³/mol. The maximum absolute atomic E-state index is 6.57.